The highest BCUT2D eigenvalue weighted by Gasteiger charge is 2.01. The van der Waals surface area contributed by atoms with E-state index in [-0.39, 0.29) is 5.82 Å². The zero-order chi connectivity index (χ0) is 10.4. The van der Waals surface area contributed by atoms with E-state index >= 15 is 0 Å². The van der Waals surface area contributed by atoms with Crippen LogP contribution in [-0.2, 0) is 0 Å². The summed E-state index contributed by atoms with van der Waals surface area (Å²) in [6, 6.07) is 4.10. The van der Waals surface area contributed by atoms with Crippen molar-refractivity contribution in [3.8, 4) is 5.75 Å². The van der Waals surface area contributed by atoms with Crippen LogP contribution in [0.5, 0.6) is 5.75 Å². The first-order valence-electron chi connectivity index (χ1n) is 4.52. The summed E-state index contributed by atoms with van der Waals surface area (Å²) in [6.45, 7) is 4.20. The van der Waals surface area contributed by atoms with E-state index in [0.29, 0.717) is 17.4 Å². The molecule has 0 aliphatic heterocycles. The van der Waals surface area contributed by atoms with Crippen molar-refractivity contribution >= 4 is 11.6 Å². The first-order chi connectivity index (χ1) is 6.74. The summed E-state index contributed by atoms with van der Waals surface area (Å²) < 4.78 is 18.0. The molecule has 4 heteroatoms. The van der Waals surface area contributed by atoms with Gasteiger partial charge < -0.3 is 10.1 Å². The lowest BCUT2D eigenvalue weighted by Crippen LogP contribution is -2.20. The summed E-state index contributed by atoms with van der Waals surface area (Å²) in [5.74, 6) is 0.167. The second-order valence-corrected chi connectivity index (χ2v) is 3.18. The Morgan fingerprint density at radius 2 is 2.29 bits per heavy atom. The van der Waals surface area contributed by atoms with Crippen molar-refractivity contribution in [3.63, 3.8) is 0 Å². The van der Waals surface area contributed by atoms with Crippen LogP contribution in [-0.4, -0.2) is 19.7 Å². The van der Waals surface area contributed by atoms with Crippen LogP contribution < -0.4 is 10.1 Å². The van der Waals surface area contributed by atoms with Crippen molar-refractivity contribution in [1.29, 1.82) is 0 Å². The van der Waals surface area contributed by atoms with E-state index in [1.807, 2.05) is 6.92 Å². The predicted molar refractivity (Wildman–Crippen MR) is 55.4 cm³/mol. The van der Waals surface area contributed by atoms with Gasteiger partial charge in [-0.15, -0.1) is 0 Å². The van der Waals surface area contributed by atoms with E-state index in [1.165, 1.54) is 18.2 Å². The van der Waals surface area contributed by atoms with Gasteiger partial charge in [0, 0.05) is 6.54 Å². The third-order valence-electron chi connectivity index (χ3n) is 1.68. The average molecular weight is 218 g/mol. The van der Waals surface area contributed by atoms with Gasteiger partial charge in [-0.05, 0) is 24.7 Å². The van der Waals surface area contributed by atoms with Gasteiger partial charge in [0.15, 0.2) is 0 Å². The highest BCUT2D eigenvalue weighted by molar-refractivity contribution is 6.32. The van der Waals surface area contributed by atoms with E-state index < -0.39 is 0 Å². The van der Waals surface area contributed by atoms with Crippen LogP contribution in [0, 0.1) is 5.82 Å². The van der Waals surface area contributed by atoms with Gasteiger partial charge in [0.1, 0.15) is 18.2 Å². The maximum absolute atomic E-state index is 12.6. The highest BCUT2D eigenvalue weighted by Crippen LogP contribution is 2.24. The van der Waals surface area contributed by atoms with Gasteiger partial charge in [-0.1, -0.05) is 18.5 Å². The standard InChI is InChI=1S/C10H13ClFNO/c1-2-13-5-6-14-10-4-3-8(12)7-9(10)11/h3-4,7,13H,2,5-6H2,1H3. The number of nitrogens with one attached hydrogen (secondary N) is 1. The maximum atomic E-state index is 12.6. The first-order valence-corrected chi connectivity index (χ1v) is 4.90. The third-order valence-corrected chi connectivity index (χ3v) is 1.98. The Bertz CT molecular complexity index is 293. The largest absolute Gasteiger partial charge is 0.491 e. The molecule has 0 aliphatic carbocycles. The molecule has 0 heterocycles. The summed E-state index contributed by atoms with van der Waals surface area (Å²) in [7, 11) is 0. The lowest BCUT2D eigenvalue weighted by atomic mass is 10.3. The van der Waals surface area contributed by atoms with E-state index in [2.05, 4.69) is 5.32 Å². The van der Waals surface area contributed by atoms with Crippen LogP contribution in [0.2, 0.25) is 5.02 Å². The molecule has 0 aliphatic rings. The maximum Gasteiger partial charge on any atom is 0.138 e. The topological polar surface area (TPSA) is 21.3 Å². The molecule has 0 radical (unpaired) electrons. The lowest BCUT2D eigenvalue weighted by molar-refractivity contribution is 0.315. The second-order valence-electron chi connectivity index (χ2n) is 2.78. The molecule has 1 rings (SSSR count). The molecule has 0 aromatic heterocycles. The zero-order valence-electron chi connectivity index (χ0n) is 8.02. The van der Waals surface area contributed by atoms with E-state index in [4.69, 9.17) is 16.3 Å². The number of hydrogen-bond donors (Lipinski definition) is 1. The van der Waals surface area contributed by atoms with Gasteiger partial charge in [-0.25, -0.2) is 4.39 Å². The molecule has 0 saturated heterocycles. The van der Waals surface area contributed by atoms with Crippen LogP contribution >= 0.6 is 11.6 Å². The monoisotopic (exact) mass is 217 g/mol. The Kier molecular flexibility index (Phi) is 4.70. The number of hydrogen-bond acceptors (Lipinski definition) is 2. The van der Waals surface area contributed by atoms with Gasteiger partial charge in [0.2, 0.25) is 0 Å². The SMILES string of the molecule is CCNCCOc1ccc(F)cc1Cl. The molecular formula is C10H13ClFNO. The number of likely N-dealkylation sites (N-methyl/N-ethyl adjacent to an activating group) is 1. The Morgan fingerprint density at radius 3 is 2.93 bits per heavy atom. The van der Waals surface area contributed by atoms with Crippen LogP contribution in [0.15, 0.2) is 18.2 Å². The predicted octanol–water partition coefficient (Wildman–Crippen LogP) is 2.47. The van der Waals surface area contributed by atoms with Crippen LogP contribution in [0.1, 0.15) is 6.92 Å². The average Bonchev–Trinajstić information content (AvgIpc) is 2.15. The quantitative estimate of drug-likeness (QED) is 0.766. The summed E-state index contributed by atoms with van der Waals surface area (Å²) in [4.78, 5) is 0. The summed E-state index contributed by atoms with van der Waals surface area (Å²) in [5.41, 5.74) is 0. The van der Waals surface area contributed by atoms with E-state index in [9.17, 15) is 4.39 Å². The molecule has 0 saturated carbocycles. The molecule has 2 nitrogen and oxygen atoms in total. The number of ether oxygens (including phenoxy) is 1. The normalized spacial score (nSPS) is 10.2. The molecule has 0 atom stereocenters. The van der Waals surface area contributed by atoms with Gasteiger partial charge in [-0.3, -0.25) is 0 Å². The molecule has 14 heavy (non-hydrogen) atoms. The molecule has 1 aromatic rings. The molecule has 0 fully saturated rings. The molecule has 0 unspecified atom stereocenters. The molecular weight excluding hydrogens is 205 g/mol. The molecule has 0 bridgehead atoms. The summed E-state index contributed by atoms with van der Waals surface area (Å²) in [5, 5.41) is 3.41. The number of benzene rings is 1. The van der Waals surface area contributed by atoms with Crippen molar-refractivity contribution in [1.82, 2.24) is 5.32 Å². The van der Waals surface area contributed by atoms with Crippen LogP contribution in [0.3, 0.4) is 0 Å². The highest BCUT2D eigenvalue weighted by atomic mass is 35.5. The van der Waals surface area contributed by atoms with Gasteiger partial charge >= 0.3 is 0 Å². The second kappa shape index (κ2) is 5.83. The fraction of sp³-hybridized carbons (Fsp3) is 0.400. The molecule has 1 aromatic carbocycles. The van der Waals surface area contributed by atoms with Crippen molar-refractivity contribution in [2.24, 2.45) is 0 Å². The molecule has 1 N–H and O–H groups in total. The van der Waals surface area contributed by atoms with Crippen LogP contribution in [0.4, 0.5) is 4.39 Å². The van der Waals surface area contributed by atoms with Crippen molar-refractivity contribution in [3.05, 3.63) is 29.0 Å². The Morgan fingerprint density at radius 1 is 1.50 bits per heavy atom. The van der Waals surface area contributed by atoms with Crippen molar-refractivity contribution in [2.75, 3.05) is 19.7 Å². The molecule has 0 amide bonds. The molecule has 0 spiro atoms. The van der Waals surface area contributed by atoms with Crippen LogP contribution in [0.25, 0.3) is 0 Å². The fourth-order valence-corrected chi connectivity index (χ4v) is 1.22. The van der Waals surface area contributed by atoms with E-state index in [1.54, 1.807) is 0 Å². The van der Waals surface area contributed by atoms with E-state index in [0.717, 1.165) is 13.1 Å². The van der Waals surface area contributed by atoms with Gasteiger partial charge in [0.05, 0.1) is 5.02 Å². The Labute approximate surface area is 88.0 Å². The Balaban J connectivity index is 2.42. The minimum Gasteiger partial charge on any atom is -0.491 e. The number of halogens is 2. The first kappa shape index (κ1) is 11.3. The van der Waals surface area contributed by atoms with Gasteiger partial charge in [0.25, 0.3) is 0 Å². The van der Waals surface area contributed by atoms with Crippen molar-refractivity contribution < 1.29 is 9.13 Å². The lowest BCUT2D eigenvalue weighted by Gasteiger charge is -2.07. The zero-order valence-corrected chi connectivity index (χ0v) is 8.77. The van der Waals surface area contributed by atoms with Gasteiger partial charge in [-0.2, -0.15) is 0 Å². The number of rotatable bonds is 5. The Hall–Kier alpha value is -0.800. The summed E-state index contributed by atoms with van der Waals surface area (Å²) in [6.07, 6.45) is 0. The fourth-order valence-electron chi connectivity index (χ4n) is 1.00. The minimum absolute atomic E-state index is 0.307. The third kappa shape index (κ3) is 3.52. The summed E-state index contributed by atoms with van der Waals surface area (Å²) >= 11 is 5.76. The van der Waals surface area contributed by atoms with Crippen molar-refractivity contribution in [2.45, 2.75) is 6.92 Å². The molecule has 78 valence electrons. The minimum atomic E-state index is -0.353. The smallest absolute Gasteiger partial charge is 0.138 e.